The molecule has 84 valence electrons. The molecule has 2 aromatic carbocycles. The van der Waals surface area contributed by atoms with E-state index in [1.807, 2.05) is 30.5 Å². The topological polar surface area (TPSA) is 24.4 Å². The van der Waals surface area contributed by atoms with E-state index in [4.69, 9.17) is 23.2 Å². The van der Waals surface area contributed by atoms with Gasteiger partial charge in [0.1, 0.15) is 0 Å². The van der Waals surface area contributed by atoms with Crippen molar-refractivity contribution in [3.05, 3.63) is 52.0 Å². The highest BCUT2D eigenvalue weighted by Crippen LogP contribution is 2.38. The van der Waals surface area contributed by atoms with E-state index in [2.05, 4.69) is 10.3 Å². The van der Waals surface area contributed by atoms with Crippen LogP contribution < -0.4 is 5.32 Å². The van der Waals surface area contributed by atoms with E-state index in [9.17, 15) is 0 Å². The Balaban J connectivity index is 2.18. The molecule has 1 aliphatic rings. The van der Waals surface area contributed by atoms with Gasteiger partial charge in [-0.25, -0.2) is 0 Å². The van der Waals surface area contributed by atoms with Crippen LogP contribution in [0, 0.1) is 0 Å². The van der Waals surface area contributed by atoms with Crippen LogP contribution in [0.5, 0.6) is 0 Å². The van der Waals surface area contributed by atoms with Crippen LogP contribution in [0.15, 0.2) is 41.4 Å². The summed E-state index contributed by atoms with van der Waals surface area (Å²) >= 11 is 12.0. The van der Waals surface area contributed by atoms with Gasteiger partial charge in [0.15, 0.2) is 0 Å². The van der Waals surface area contributed by atoms with E-state index < -0.39 is 0 Å². The third-order valence-corrected chi connectivity index (χ3v) is 3.33. The normalized spacial score (nSPS) is 12.4. The molecule has 1 N–H and O–H groups in total. The zero-order valence-electron chi connectivity index (χ0n) is 8.74. The maximum Gasteiger partial charge on any atom is 0.0880 e. The number of aliphatic imine (C=N–C) groups is 1. The third-order valence-electron chi connectivity index (χ3n) is 2.61. The van der Waals surface area contributed by atoms with Crippen molar-refractivity contribution in [2.45, 2.75) is 0 Å². The molecule has 0 unspecified atom stereocenters. The van der Waals surface area contributed by atoms with Gasteiger partial charge in [-0.15, -0.1) is 0 Å². The summed E-state index contributed by atoms with van der Waals surface area (Å²) in [5.74, 6) is 0. The smallest absolute Gasteiger partial charge is 0.0880 e. The Morgan fingerprint density at radius 3 is 2.59 bits per heavy atom. The van der Waals surface area contributed by atoms with Gasteiger partial charge in [-0.05, 0) is 18.2 Å². The molecule has 17 heavy (non-hydrogen) atoms. The number of hydrogen-bond acceptors (Lipinski definition) is 2. The average Bonchev–Trinajstić information content (AvgIpc) is 2.49. The van der Waals surface area contributed by atoms with Gasteiger partial charge in [0, 0.05) is 17.5 Å². The van der Waals surface area contributed by atoms with Crippen LogP contribution in [-0.4, -0.2) is 6.21 Å². The number of nitrogens with one attached hydrogen (secondary N) is 1. The Bertz CT molecular complexity index is 621. The van der Waals surface area contributed by atoms with Gasteiger partial charge in [0.2, 0.25) is 0 Å². The lowest BCUT2D eigenvalue weighted by Crippen LogP contribution is -1.92. The minimum Gasteiger partial charge on any atom is -0.353 e. The third kappa shape index (κ3) is 1.90. The number of fused-ring (bicyclic) bond motifs is 2. The number of para-hydroxylation sites is 1. The zero-order chi connectivity index (χ0) is 11.8. The second kappa shape index (κ2) is 4.06. The summed E-state index contributed by atoms with van der Waals surface area (Å²) in [5, 5.41) is 4.33. The average molecular weight is 263 g/mol. The summed E-state index contributed by atoms with van der Waals surface area (Å²) in [5.41, 5.74) is 3.69. The highest BCUT2D eigenvalue weighted by molar-refractivity contribution is 6.42. The molecular formula is C13H8Cl2N2. The van der Waals surface area contributed by atoms with Crippen molar-refractivity contribution in [3.63, 3.8) is 0 Å². The molecule has 1 aliphatic heterocycles. The fourth-order valence-electron chi connectivity index (χ4n) is 1.75. The summed E-state index contributed by atoms with van der Waals surface area (Å²) in [6.07, 6.45) is 1.82. The Hall–Kier alpha value is -1.51. The van der Waals surface area contributed by atoms with Crippen LogP contribution in [0.3, 0.4) is 0 Å². The molecule has 0 aliphatic carbocycles. The van der Waals surface area contributed by atoms with E-state index in [0.29, 0.717) is 10.0 Å². The van der Waals surface area contributed by atoms with E-state index in [0.717, 1.165) is 22.6 Å². The van der Waals surface area contributed by atoms with Crippen LogP contribution in [0.25, 0.3) is 0 Å². The van der Waals surface area contributed by atoms with Crippen LogP contribution in [0.2, 0.25) is 10.0 Å². The first-order valence-corrected chi connectivity index (χ1v) is 5.89. The van der Waals surface area contributed by atoms with Crippen LogP contribution in [0.4, 0.5) is 17.1 Å². The molecule has 0 fully saturated rings. The molecule has 0 radical (unpaired) electrons. The zero-order valence-corrected chi connectivity index (χ0v) is 10.3. The maximum absolute atomic E-state index is 6.00. The lowest BCUT2D eigenvalue weighted by atomic mass is 10.2. The minimum absolute atomic E-state index is 0.510. The predicted octanol–water partition coefficient (Wildman–Crippen LogP) is 4.80. The van der Waals surface area contributed by atoms with Crippen molar-refractivity contribution in [2.24, 2.45) is 4.99 Å². The summed E-state index contributed by atoms with van der Waals surface area (Å²) in [6, 6.07) is 11.5. The summed E-state index contributed by atoms with van der Waals surface area (Å²) in [7, 11) is 0. The van der Waals surface area contributed by atoms with Gasteiger partial charge in [0.25, 0.3) is 0 Å². The Morgan fingerprint density at radius 2 is 1.71 bits per heavy atom. The standard InChI is InChI=1S/C13H8Cl2N2/c14-9-5-12-13(6-10(9)15)17-11-4-2-1-3-8(11)7-16-12/h1-7,17H. The first-order chi connectivity index (χ1) is 8.24. The van der Waals surface area contributed by atoms with Crippen molar-refractivity contribution < 1.29 is 0 Å². The first kappa shape index (κ1) is 10.6. The molecule has 0 bridgehead atoms. The molecule has 1 heterocycles. The summed E-state index contributed by atoms with van der Waals surface area (Å²) < 4.78 is 0. The van der Waals surface area contributed by atoms with Crippen molar-refractivity contribution in [1.29, 1.82) is 0 Å². The molecule has 3 rings (SSSR count). The van der Waals surface area contributed by atoms with Gasteiger partial charge < -0.3 is 5.32 Å². The van der Waals surface area contributed by atoms with Gasteiger partial charge in [-0.2, -0.15) is 0 Å². The fraction of sp³-hybridized carbons (Fsp3) is 0. The Kier molecular flexibility index (Phi) is 2.54. The van der Waals surface area contributed by atoms with Gasteiger partial charge in [0.05, 0.1) is 21.4 Å². The van der Waals surface area contributed by atoms with Crippen molar-refractivity contribution in [3.8, 4) is 0 Å². The Labute approximate surface area is 109 Å². The number of hydrogen-bond donors (Lipinski definition) is 1. The molecule has 4 heteroatoms. The molecule has 0 spiro atoms. The number of halogens is 2. The van der Waals surface area contributed by atoms with Crippen LogP contribution in [0.1, 0.15) is 5.56 Å². The molecule has 0 atom stereocenters. The van der Waals surface area contributed by atoms with E-state index in [1.165, 1.54) is 0 Å². The highest BCUT2D eigenvalue weighted by atomic mass is 35.5. The largest absolute Gasteiger partial charge is 0.353 e. The second-order valence-corrected chi connectivity index (χ2v) is 4.57. The van der Waals surface area contributed by atoms with E-state index >= 15 is 0 Å². The molecule has 2 nitrogen and oxygen atoms in total. The lowest BCUT2D eigenvalue weighted by molar-refractivity contribution is 1.51. The first-order valence-electron chi connectivity index (χ1n) is 5.13. The second-order valence-electron chi connectivity index (χ2n) is 3.75. The lowest BCUT2D eigenvalue weighted by Gasteiger charge is -2.09. The van der Waals surface area contributed by atoms with Gasteiger partial charge >= 0.3 is 0 Å². The van der Waals surface area contributed by atoms with Crippen molar-refractivity contribution in [1.82, 2.24) is 0 Å². The number of benzene rings is 2. The summed E-state index contributed by atoms with van der Waals surface area (Å²) in [6.45, 7) is 0. The summed E-state index contributed by atoms with van der Waals surface area (Å²) in [4.78, 5) is 4.40. The molecule has 0 amide bonds. The molecule has 0 saturated carbocycles. The molecule has 2 aromatic rings. The fourth-order valence-corrected chi connectivity index (χ4v) is 2.07. The van der Waals surface area contributed by atoms with Crippen molar-refractivity contribution >= 4 is 46.5 Å². The Morgan fingerprint density at radius 1 is 0.941 bits per heavy atom. The van der Waals surface area contributed by atoms with E-state index in [1.54, 1.807) is 12.1 Å². The van der Waals surface area contributed by atoms with Gasteiger partial charge in [-0.1, -0.05) is 41.4 Å². The molecular weight excluding hydrogens is 255 g/mol. The van der Waals surface area contributed by atoms with E-state index in [-0.39, 0.29) is 0 Å². The molecule has 0 aromatic heterocycles. The van der Waals surface area contributed by atoms with Crippen LogP contribution in [-0.2, 0) is 0 Å². The predicted molar refractivity (Wildman–Crippen MR) is 73.4 cm³/mol. The minimum atomic E-state index is 0.510. The van der Waals surface area contributed by atoms with Crippen molar-refractivity contribution in [2.75, 3.05) is 5.32 Å². The number of rotatable bonds is 0. The maximum atomic E-state index is 6.00. The molecule has 0 saturated heterocycles. The van der Waals surface area contributed by atoms with Gasteiger partial charge in [-0.3, -0.25) is 4.99 Å². The van der Waals surface area contributed by atoms with Crippen LogP contribution >= 0.6 is 23.2 Å². The number of anilines is 2. The quantitative estimate of drug-likeness (QED) is 0.618. The monoisotopic (exact) mass is 262 g/mol. The highest BCUT2D eigenvalue weighted by Gasteiger charge is 2.11. The SMILES string of the molecule is Clc1cc2c(cc1Cl)Nc1ccccc1C=N2. The number of nitrogens with zero attached hydrogens (tertiary/aromatic N) is 1.